The number of aromatic nitrogens is 2. The molecule has 20 heavy (non-hydrogen) atoms. The molecule has 0 saturated heterocycles. The van der Waals surface area contributed by atoms with Crippen molar-refractivity contribution in [1.82, 2.24) is 9.97 Å². The van der Waals surface area contributed by atoms with Crippen LogP contribution in [0.3, 0.4) is 0 Å². The Balaban J connectivity index is 2.29. The van der Waals surface area contributed by atoms with Crippen LogP contribution in [0.5, 0.6) is 0 Å². The summed E-state index contributed by atoms with van der Waals surface area (Å²) in [5, 5.41) is 2.67. The number of anilines is 1. The maximum Gasteiger partial charge on any atom is 0.419 e. The van der Waals surface area contributed by atoms with Crippen molar-refractivity contribution < 1.29 is 17.6 Å². The van der Waals surface area contributed by atoms with Crippen LogP contribution in [0.15, 0.2) is 27.3 Å². The number of hydrogen-bond acceptors (Lipinski definition) is 4. The van der Waals surface area contributed by atoms with Crippen molar-refractivity contribution in [2.24, 2.45) is 0 Å². The van der Waals surface area contributed by atoms with Gasteiger partial charge in [-0.2, -0.15) is 13.2 Å². The Morgan fingerprint density at radius 1 is 1.30 bits per heavy atom. The van der Waals surface area contributed by atoms with E-state index in [0.29, 0.717) is 11.7 Å². The van der Waals surface area contributed by atoms with Crippen molar-refractivity contribution in [1.29, 1.82) is 0 Å². The zero-order chi connectivity index (χ0) is 14.9. The molecule has 2 heterocycles. The summed E-state index contributed by atoms with van der Waals surface area (Å²) >= 11 is 2.98. The fourth-order valence-corrected chi connectivity index (χ4v) is 1.94. The Bertz CT molecular complexity index is 612. The number of nitrogens with zero attached hydrogens (tertiary/aromatic N) is 2. The van der Waals surface area contributed by atoms with E-state index in [2.05, 4.69) is 31.2 Å². The van der Waals surface area contributed by atoms with Crippen molar-refractivity contribution in [2.45, 2.75) is 26.1 Å². The highest BCUT2D eigenvalue weighted by molar-refractivity contribution is 9.10. The number of nitrogens with one attached hydrogen (secondary N) is 1. The first-order chi connectivity index (χ1) is 9.27. The summed E-state index contributed by atoms with van der Waals surface area (Å²) in [7, 11) is 0. The van der Waals surface area contributed by atoms with Crippen LogP contribution >= 0.6 is 15.9 Å². The molecule has 0 spiro atoms. The number of pyridine rings is 1. The number of oxazole rings is 1. The summed E-state index contributed by atoms with van der Waals surface area (Å²) in [6.45, 7) is 3.36. The summed E-state index contributed by atoms with van der Waals surface area (Å²) in [4.78, 5) is 7.74. The Hall–Kier alpha value is -1.57. The summed E-state index contributed by atoms with van der Waals surface area (Å²) < 4.78 is 44.4. The molecule has 2 aromatic heterocycles. The lowest BCUT2D eigenvalue weighted by molar-refractivity contribution is -0.137. The third kappa shape index (κ3) is 3.30. The van der Waals surface area contributed by atoms with E-state index in [1.165, 1.54) is 12.4 Å². The molecule has 0 aliphatic heterocycles. The Morgan fingerprint density at radius 2 is 2.00 bits per heavy atom. The van der Waals surface area contributed by atoms with Crippen LogP contribution in [0.25, 0.3) is 0 Å². The Labute approximate surface area is 121 Å². The molecule has 0 aromatic carbocycles. The summed E-state index contributed by atoms with van der Waals surface area (Å²) in [6.07, 6.45) is -1.69. The number of alkyl halides is 3. The van der Waals surface area contributed by atoms with E-state index in [1.54, 1.807) is 13.8 Å². The first-order valence-corrected chi connectivity index (χ1v) is 6.48. The quantitative estimate of drug-likeness (QED) is 0.895. The van der Waals surface area contributed by atoms with Gasteiger partial charge >= 0.3 is 6.18 Å². The van der Waals surface area contributed by atoms with Gasteiger partial charge in [0.25, 0.3) is 0 Å². The smallest absolute Gasteiger partial charge is 0.419 e. The topological polar surface area (TPSA) is 51.0 Å². The molecule has 0 bridgehead atoms. The fraction of sp³-hybridized carbons (Fsp3) is 0.333. The third-order valence-electron chi connectivity index (χ3n) is 2.52. The van der Waals surface area contributed by atoms with E-state index >= 15 is 0 Å². The van der Waals surface area contributed by atoms with Gasteiger partial charge < -0.3 is 9.73 Å². The minimum absolute atomic E-state index is 0.259. The lowest BCUT2D eigenvalue weighted by Crippen LogP contribution is -2.15. The number of rotatable bonds is 3. The lowest BCUT2D eigenvalue weighted by atomic mass is 10.2. The van der Waals surface area contributed by atoms with E-state index in [1.807, 2.05) is 0 Å². The van der Waals surface area contributed by atoms with Crippen molar-refractivity contribution >= 4 is 21.7 Å². The van der Waals surface area contributed by atoms with Crippen molar-refractivity contribution in [3.05, 3.63) is 40.1 Å². The number of aryl methyl sites for hydroxylation is 1. The Morgan fingerprint density at radius 3 is 2.55 bits per heavy atom. The first-order valence-electron chi connectivity index (χ1n) is 5.69. The largest absolute Gasteiger partial charge is 0.444 e. The second-order valence-electron chi connectivity index (χ2n) is 4.22. The van der Waals surface area contributed by atoms with Crippen LogP contribution in [0, 0.1) is 6.92 Å². The molecule has 0 aliphatic carbocycles. The minimum Gasteiger partial charge on any atom is -0.444 e. The molecule has 1 unspecified atom stereocenters. The second-order valence-corrected chi connectivity index (χ2v) is 5.14. The molecule has 0 fully saturated rings. The minimum atomic E-state index is -4.49. The maximum atomic E-state index is 12.9. The predicted molar refractivity (Wildman–Crippen MR) is 70.2 cm³/mol. The van der Waals surface area contributed by atoms with Gasteiger partial charge in [-0.15, -0.1) is 0 Å². The molecule has 1 N–H and O–H groups in total. The van der Waals surface area contributed by atoms with Gasteiger partial charge in [0.2, 0.25) is 5.89 Å². The van der Waals surface area contributed by atoms with Gasteiger partial charge in [0.1, 0.15) is 17.6 Å². The average Bonchev–Trinajstić information content (AvgIpc) is 2.77. The van der Waals surface area contributed by atoms with Gasteiger partial charge in [-0.05, 0) is 35.8 Å². The molecule has 0 saturated carbocycles. The summed E-state index contributed by atoms with van der Waals surface area (Å²) in [5.41, 5.74) is -0.845. The van der Waals surface area contributed by atoms with Gasteiger partial charge in [-0.1, -0.05) is 0 Å². The molecule has 8 heteroatoms. The zero-order valence-electron chi connectivity index (χ0n) is 10.6. The lowest BCUT2D eigenvalue weighted by Gasteiger charge is -2.16. The van der Waals surface area contributed by atoms with Crippen LogP contribution in [0.1, 0.15) is 30.2 Å². The van der Waals surface area contributed by atoms with Gasteiger partial charge in [0, 0.05) is 10.7 Å². The second kappa shape index (κ2) is 5.43. The molecule has 0 radical (unpaired) electrons. The summed E-state index contributed by atoms with van der Waals surface area (Å²) in [5.74, 6) is 0.637. The highest BCUT2D eigenvalue weighted by Gasteiger charge is 2.35. The fourth-order valence-electron chi connectivity index (χ4n) is 1.61. The molecular weight excluding hydrogens is 339 g/mol. The van der Waals surface area contributed by atoms with E-state index in [4.69, 9.17) is 4.42 Å². The maximum absolute atomic E-state index is 12.9. The Kier molecular flexibility index (Phi) is 4.03. The van der Waals surface area contributed by atoms with Crippen LogP contribution in [0.2, 0.25) is 0 Å². The molecule has 108 valence electrons. The van der Waals surface area contributed by atoms with E-state index in [9.17, 15) is 13.2 Å². The zero-order valence-corrected chi connectivity index (χ0v) is 12.2. The van der Waals surface area contributed by atoms with Crippen molar-refractivity contribution in [3.63, 3.8) is 0 Å². The summed E-state index contributed by atoms with van der Waals surface area (Å²) in [6, 6.07) is 0.446. The van der Waals surface area contributed by atoms with Gasteiger partial charge in [0.15, 0.2) is 0 Å². The molecule has 0 aliphatic rings. The van der Waals surface area contributed by atoms with Gasteiger partial charge in [-0.25, -0.2) is 9.97 Å². The SMILES string of the molecule is Cc1cnc(C(C)Nc2ncc(Br)cc2C(F)(F)F)o1. The van der Waals surface area contributed by atoms with Crippen LogP contribution in [0.4, 0.5) is 19.0 Å². The average molecular weight is 350 g/mol. The monoisotopic (exact) mass is 349 g/mol. The molecule has 4 nitrogen and oxygen atoms in total. The molecule has 1 atom stereocenters. The van der Waals surface area contributed by atoms with Gasteiger partial charge in [0.05, 0.1) is 11.8 Å². The van der Waals surface area contributed by atoms with Crippen LogP contribution in [-0.4, -0.2) is 9.97 Å². The molecular formula is C12H11BrF3N3O. The molecule has 0 amide bonds. The van der Waals surface area contributed by atoms with Crippen LogP contribution in [-0.2, 0) is 6.18 Å². The highest BCUT2D eigenvalue weighted by Crippen LogP contribution is 2.36. The van der Waals surface area contributed by atoms with E-state index < -0.39 is 17.8 Å². The normalized spacial score (nSPS) is 13.3. The molecule has 2 aromatic rings. The van der Waals surface area contributed by atoms with Gasteiger partial charge in [-0.3, -0.25) is 0 Å². The molecule has 2 rings (SSSR count). The van der Waals surface area contributed by atoms with E-state index in [0.717, 1.165) is 6.07 Å². The predicted octanol–water partition coefficient (Wildman–Crippen LogP) is 4.33. The third-order valence-corrected chi connectivity index (χ3v) is 2.96. The number of hydrogen-bond donors (Lipinski definition) is 1. The first kappa shape index (κ1) is 14.8. The highest BCUT2D eigenvalue weighted by atomic mass is 79.9. The number of halogens is 4. The van der Waals surface area contributed by atoms with Crippen LogP contribution < -0.4 is 5.32 Å². The van der Waals surface area contributed by atoms with Crippen molar-refractivity contribution in [2.75, 3.05) is 5.32 Å². The van der Waals surface area contributed by atoms with Crippen molar-refractivity contribution in [3.8, 4) is 0 Å². The van der Waals surface area contributed by atoms with E-state index in [-0.39, 0.29) is 10.3 Å². The standard InChI is InChI=1S/C12H11BrF3N3O/c1-6-4-18-11(20-6)7(2)19-10-9(12(14,15)16)3-8(13)5-17-10/h3-5,7H,1-2H3,(H,17,19).